The minimum Gasteiger partial charge on any atom is -0.457 e. The number of hydrogen-bond donors (Lipinski definition) is 0. The standard InChI is InChI=1S/C39H36N4O/c1-5-27-16-19-36-33(23-27)32-18-17-31(25-37(32)42(36)38-22-26(4)20-21-40-38)44-30-15-11-14-29(24-30)43-35(7-3)39(34(6-2)41-43)28-12-9-8-10-13-28/h8-25H,5-7H2,1-4H3. The Morgan fingerprint density at radius 2 is 1.52 bits per heavy atom. The van der Waals surface area contributed by atoms with Gasteiger partial charge >= 0.3 is 0 Å². The molecular formula is C39H36N4O. The van der Waals surface area contributed by atoms with Gasteiger partial charge in [0, 0.05) is 34.7 Å². The predicted octanol–water partition coefficient (Wildman–Crippen LogP) is 9.82. The molecule has 0 aliphatic rings. The summed E-state index contributed by atoms with van der Waals surface area (Å²) in [6, 6.07) is 36.1. The van der Waals surface area contributed by atoms with E-state index in [9.17, 15) is 0 Å². The predicted molar refractivity (Wildman–Crippen MR) is 181 cm³/mol. The second-order valence-corrected chi connectivity index (χ2v) is 11.3. The lowest BCUT2D eigenvalue weighted by molar-refractivity contribution is 0.482. The largest absolute Gasteiger partial charge is 0.457 e. The minimum absolute atomic E-state index is 0.767. The van der Waals surface area contributed by atoms with Gasteiger partial charge in [-0.05, 0) is 91.4 Å². The molecule has 0 unspecified atom stereocenters. The van der Waals surface area contributed by atoms with Gasteiger partial charge in [-0.2, -0.15) is 5.10 Å². The SMILES string of the molecule is CCc1ccc2c(c1)c1ccc(Oc3cccc(-n4nc(CC)c(-c5ccccc5)c4CC)c3)cc1n2-c1cc(C)ccn1. The highest BCUT2D eigenvalue weighted by Crippen LogP contribution is 2.36. The molecule has 0 saturated carbocycles. The summed E-state index contributed by atoms with van der Waals surface area (Å²) >= 11 is 0. The van der Waals surface area contributed by atoms with Crippen molar-refractivity contribution < 1.29 is 4.74 Å². The van der Waals surface area contributed by atoms with E-state index in [0.29, 0.717) is 0 Å². The van der Waals surface area contributed by atoms with Crippen LogP contribution in [0.4, 0.5) is 0 Å². The smallest absolute Gasteiger partial charge is 0.137 e. The molecule has 3 aromatic heterocycles. The fourth-order valence-corrected chi connectivity index (χ4v) is 6.26. The van der Waals surface area contributed by atoms with Gasteiger partial charge in [0.15, 0.2) is 0 Å². The molecule has 4 aromatic carbocycles. The molecule has 7 aromatic rings. The number of rotatable bonds is 8. The maximum absolute atomic E-state index is 6.55. The second kappa shape index (κ2) is 11.5. The zero-order chi connectivity index (χ0) is 30.2. The third-order valence-corrected chi connectivity index (χ3v) is 8.42. The first-order valence-electron chi connectivity index (χ1n) is 15.5. The van der Waals surface area contributed by atoms with Crippen LogP contribution in [-0.2, 0) is 19.3 Å². The highest BCUT2D eigenvalue weighted by molar-refractivity contribution is 6.09. The second-order valence-electron chi connectivity index (χ2n) is 11.3. The fourth-order valence-electron chi connectivity index (χ4n) is 6.26. The fraction of sp³-hybridized carbons (Fsp3) is 0.179. The topological polar surface area (TPSA) is 44.9 Å². The van der Waals surface area contributed by atoms with Crippen LogP contribution in [-0.4, -0.2) is 19.3 Å². The number of fused-ring (bicyclic) bond motifs is 3. The van der Waals surface area contributed by atoms with Crippen molar-refractivity contribution in [1.82, 2.24) is 19.3 Å². The van der Waals surface area contributed by atoms with E-state index in [1.165, 1.54) is 38.7 Å². The van der Waals surface area contributed by atoms with Crippen molar-refractivity contribution in [3.63, 3.8) is 0 Å². The van der Waals surface area contributed by atoms with Crippen molar-refractivity contribution in [3.8, 4) is 34.1 Å². The van der Waals surface area contributed by atoms with Crippen molar-refractivity contribution in [2.45, 2.75) is 47.0 Å². The van der Waals surface area contributed by atoms with Crippen molar-refractivity contribution >= 4 is 21.8 Å². The first-order chi connectivity index (χ1) is 21.6. The first-order valence-corrected chi connectivity index (χ1v) is 15.5. The van der Waals surface area contributed by atoms with E-state index in [1.54, 1.807) is 0 Å². The molecule has 7 rings (SSSR count). The van der Waals surface area contributed by atoms with Crippen LogP contribution in [0.15, 0.2) is 109 Å². The normalized spacial score (nSPS) is 11.5. The van der Waals surface area contributed by atoms with E-state index in [0.717, 1.165) is 59.0 Å². The Kier molecular flexibility index (Phi) is 7.23. The van der Waals surface area contributed by atoms with Gasteiger partial charge in [-0.1, -0.05) is 63.2 Å². The van der Waals surface area contributed by atoms with E-state index in [4.69, 9.17) is 14.8 Å². The Morgan fingerprint density at radius 1 is 0.682 bits per heavy atom. The number of nitrogens with zero attached hydrogens (tertiary/aromatic N) is 4. The Bertz CT molecular complexity index is 2120. The van der Waals surface area contributed by atoms with Gasteiger partial charge in [0.05, 0.1) is 28.1 Å². The summed E-state index contributed by atoms with van der Waals surface area (Å²) in [5, 5.41) is 7.49. The molecule has 0 aliphatic carbocycles. The maximum Gasteiger partial charge on any atom is 0.137 e. The van der Waals surface area contributed by atoms with Gasteiger partial charge < -0.3 is 4.74 Å². The molecule has 0 atom stereocenters. The highest BCUT2D eigenvalue weighted by Gasteiger charge is 2.19. The lowest BCUT2D eigenvalue weighted by atomic mass is 10.0. The summed E-state index contributed by atoms with van der Waals surface area (Å²) in [6.45, 7) is 8.66. The van der Waals surface area contributed by atoms with Crippen molar-refractivity contribution in [1.29, 1.82) is 0 Å². The summed E-state index contributed by atoms with van der Waals surface area (Å²) < 4.78 is 10.9. The number of ether oxygens (including phenoxy) is 1. The van der Waals surface area contributed by atoms with Crippen LogP contribution >= 0.6 is 0 Å². The third-order valence-electron chi connectivity index (χ3n) is 8.42. The van der Waals surface area contributed by atoms with Crippen molar-refractivity contribution in [3.05, 3.63) is 132 Å². The minimum atomic E-state index is 0.767. The summed E-state index contributed by atoms with van der Waals surface area (Å²) in [6.07, 6.45) is 4.60. The molecule has 0 spiro atoms. The number of aryl methyl sites for hydroxylation is 3. The molecule has 0 bridgehead atoms. The summed E-state index contributed by atoms with van der Waals surface area (Å²) in [5.74, 6) is 2.45. The van der Waals surface area contributed by atoms with Crippen LogP contribution in [0.1, 0.15) is 43.3 Å². The molecule has 0 amide bonds. The van der Waals surface area contributed by atoms with E-state index in [2.05, 4.69) is 122 Å². The van der Waals surface area contributed by atoms with Gasteiger partial charge in [0.1, 0.15) is 17.3 Å². The Balaban J connectivity index is 1.31. The van der Waals surface area contributed by atoms with Crippen LogP contribution in [0.5, 0.6) is 11.5 Å². The van der Waals surface area contributed by atoms with E-state index < -0.39 is 0 Å². The number of pyridine rings is 1. The molecule has 5 heteroatoms. The lowest BCUT2D eigenvalue weighted by Crippen LogP contribution is -2.02. The summed E-state index contributed by atoms with van der Waals surface area (Å²) in [7, 11) is 0. The summed E-state index contributed by atoms with van der Waals surface area (Å²) in [5.41, 5.74) is 10.4. The number of hydrogen-bond acceptors (Lipinski definition) is 3. The molecule has 0 saturated heterocycles. The Labute approximate surface area is 258 Å². The molecule has 0 radical (unpaired) electrons. The monoisotopic (exact) mass is 576 g/mol. The molecule has 218 valence electrons. The quantitative estimate of drug-likeness (QED) is 0.181. The molecule has 0 aliphatic heterocycles. The average Bonchev–Trinajstić information content (AvgIpc) is 3.60. The highest BCUT2D eigenvalue weighted by atomic mass is 16.5. The van der Waals surface area contributed by atoms with E-state index in [-0.39, 0.29) is 0 Å². The van der Waals surface area contributed by atoms with Crippen LogP contribution < -0.4 is 4.74 Å². The lowest BCUT2D eigenvalue weighted by Gasteiger charge is -2.12. The molecule has 0 fully saturated rings. The first kappa shape index (κ1) is 27.7. The van der Waals surface area contributed by atoms with E-state index in [1.807, 2.05) is 24.4 Å². The maximum atomic E-state index is 6.55. The molecule has 44 heavy (non-hydrogen) atoms. The molecular weight excluding hydrogens is 540 g/mol. The zero-order valence-electron chi connectivity index (χ0n) is 25.7. The van der Waals surface area contributed by atoms with Crippen molar-refractivity contribution in [2.75, 3.05) is 0 Å². The number of benzene rings is 4. The van der Waals surface area contributed by atoms with E-state index >= 15 is 0 Å². The average molecular weight is 577 g/mol. The zero-order valence-corrected chi connectivity index (χ0v) is 25.7. The van der Waals surface area contributed by atoms with Crippen LogP contribution in [0.2, 0.25) is 0 Å². The van der Waals surface area contributed by atoms with Crippen LogP contribution in [0.3, 0.4) is 0 Å². The van der Waals surface area contributed by atoms with Gasteiger partial charge in [0.25, 0.3) is 0 Å². The van der Waals surface area contributed by atoms with Gasteiger partial charge in [0.2, 0.25) is 0 Å². The van der Waals surface area contributed by atoms with Gasteiger partial charge in [-0.3, -0.25) is 4.57 Å². The van der Waals surface area contributed by atoms with Crippen molar-refractivity contribution in [2.24, 2.45) is 0 Å². The molecule has 5 nitrogen and oxygen atoms in total. The molecule has 0 N–H and O–H groups in total. The van der Waals surface area contributed by atoms with Crippen LogP contribution in [0, 0.1) is 6.92 Å². The van der Waals surface area contributed by atoms with Crippen LogP contribution in [0.25, 0.3) is 44.4 Å². The third kappa shape index (κ3) is 4.84. The Hall–Kier alpha value is -5.16. The Morgan fingerprint density at radius 3 is 2.30 bits per heavy atom. The van der Waals surface area contributed by atoms with Gasteiger partial charge in [-0.15, -0.1) is 0 Å². The molecule has 3 heterocycles. The number of aromatic nitrogens is 4. The van der Waals surface area contributed by atoms with Gasteiger partial charge in [-0.25, -0.2) is 9.67 Å². The summed E-state index contributed by atoms with van der Waals surface area (Å²) in [4.78, 5) is 4.75.